The van der Waals surface area contributed by atoms with E-state index in [9.17, 15) is 6.85 Å². The normalized spacial score (nSPS) is 13.6. The van der Waals surface area contributed by atoms with Crippen LogP contribution in [-0.2, 0) is 0 Å². The summed E-state index contributed by atoms with van der Waals surface area (Å²) in [6, 6.07) is 43.7. The fourth-order valence-corrected chi connectivity index (χ4v) is 6.67. The van der Waals surface area contributed by atoms with Crippen molar-refractivity contribution in [3.63, 3.8) is 0 Å². The molecule has 0 saturated heterocycles. The van der Waals surface area contributed by atoms with Crippen LogP contribution in [0.3, 0.4) is 0 Å². The highest BCUT2D eigenvalue weighted by atomic mass is 14.2. The molecule has 46 heavy (non-hydrogen) atoms. The molecule has 0 aliphatic heterocycles. The quantitative estimate of drug-likeness (QED) is 0.179. The predicted octanol–water partition coefficient (Wildman–Crippen LogP) is 13.0. The van der Waals surface area contributed by atoms with Crippen LogP contribution in [0, 0.1) is 0 Å². The van der Waals surface area contributed by atoms with E-state index < -0.39 is 0 Å². The van der Waals surface area contributed by atoms with Crippen LogP contribution in [0.4, 0.5) is 0 Å². The first kappa shape index (κ1) is 20.1. The van der Waals surface area contributed by atoms with Gasteiger partial charge >= 0.3 is 0 Å². The fraction of sp³-hybridized carbons (Fsp3) is 0. The molecule has 0 heteroatoms. The monoisotopic (exact) mass is 589 g/mol. The Balaban J connectivity index is 1.47. The van der Waals surface area contributed by atoms with Crippen molar-refractivity contribution in [1.29, 1.82) is 0 Å². The van der Waals surface area contributed by atoms with E-state index in [-0.39, 0.29) is 53.1 Å². The van der Waals surface area contributed by atoms with Gasteiger partial charge in [-0.3, -0.25) is 0 Å². The van der Waals surface area contributed by atoms with E-state index in [2.05, 4.69) is 30.3 Å². The summed E-state index contributed by atoms with van der Waals surface area (Å²) in [6.07, 6.45) is 0. The van der Waals surface area contributed by atoms with Crippen LogP contribution in [0.2, 0.25) is 0 Å². The summed E-state index contributed by atoms with van der Waals surface area (Å²) in [6.45, 7) is 0. The van der Waals surface area contributed by atoms with E-state index >= 15 is 0 Å². The summed E-state index contributed by atoms with van der Waals surface area (Å²) in [7, 11) is 0. The summed E-state index contributed by atoms with van der Waals surface area (Å²) in [5.74, 6) is 0. The second kappa shape index (κ2) is 10.9. The lowest BCUT2D eigenvalue weighted by Crippen LogP contribution is -1.92. The Morgan fingerprint density at radius 1 is 0.326 bits per heavy atom. The van der Waals surface area contributed by atoms with E-state index in [0.29, 0.717) is 44.2 Å². The molecule has 0 nitrogen and oxygen atoms in total. The first-order valence-electron chi connectivity index (χ1n) is 18.9. The lowest BCUT2D eigenvalue weighted by molar-refractivity contribution is 1.62. The molecule has 214 valence electrons. The van der Waals surface area contributed by atoms with Gasteiger partial charge in [0.1, 0.15) is 0 Å². The highest BCUT2D eigenvalue weighted by Gasteiger charge is 2.19. The Hall–Kier alpha value is -5.98. The van der Waals surface area contributed by atoms with E-state index in [1.807, 2.05) is 109 Å². The molecule has 0 spiro atoms. The first-order chi connectivity index (χ1) is 25.7. The lowest BCUT2D eigenvalue weighted by atomic mass is 9.83. The van der Waals surface area contributed by atoms with Crippen LogP contribution >= 0.6 is 0 Å². The molecule has 0 heterocycles. The van der Waals surface area contributed by atoms with Crippen LogP contribution in [0.5, 0.6) is 0 Å². The summed E-state index contributed by atoms with van der Waals surface area (Å²) in [4.78, 5) is 0. The van der Waals surface area contributed by atoms with Crippen LogP contribution in [0.15, 0.2) is 182 Å². The molecule has 9 aromatic rings. The van der Waals surface area contributed by atoms with Gasteiger partial charge in [0.2, 0.25) is 0 Å². The number of benzene rings is 9. The molecule has 9 rings (SSSR count). The molecule has 0 amide bonds. The maximum atomic E-state index is 9.88. The molecular formula is C46H30. The summed E-state index contributed by atoms with van der Waals surface area (Å²) >= 11 is 0. The van der Waals surface area contributed by atoms with Crippen molar-refractivity contribution < 1.29 is 9.60 Å². The largest absolute Gasteiger partial charge is 0.0636 e. The molecule has 0 radical (unpaired) electrons. The molecule has 0 fully saturated rings. The number of hydrogen-bond acceptors (Lipinski definition) is 0. The second-order valence-corrected chi connectivity index (χ2v) is 11.5. The van der Waals surface area contributed by atoms with Crippen molar-refractivity contribution in [3.05, 3.63) is 182 Å². The average molecular weight is 590 g/mol. The molecule has 0 aliphatic carbocycles. The van der Waals surface area contributed by atoms with Gasteiger partial charge in [-0.25, -0.2) is 0 Å². The molecule has 0 N–H and O–H groups in total. The zero-order chi connectivity index (χ0) is 36.5. The molecule has 0 bridgehead atoms. The Bertz CT molecular complexity index is 2950. The highest BCUT2D eigenvalue weighted by Crippen LogP contribution is 2.46. The molecule has 0 unspecified atom stereocenters. The molecule has 0 aromatic heterocycles. The van der Waals surface area contributed by atoms with E-state index in [4.69, 9.17) is 2.74 Å². The minimum absolute atomic E-state index is 0.0264. The Kier molecular flexibility index (Phi) is 4.76. The highest BCUT2D eigenvalue weighted by molar-refractivity contribution is 6.24. The molecule has 0 saturated carbocycles. The van der Waals surface area contributed by atoms with Crippen molar-refractivity contribution in [1.82, 2.24) is 0 Å². The fourth-order valence-electron chi connectivity index (χ4n) is 6.67. The van der Waals surface area contributed by atoms with Gasteiger partial charge in [-0.2, -0.15) is 0 Å². The Morgan fingerprint density at radius 2 is 0.935 bits per heavy atom. The Labute approximate surface area is 278 Å². The smallest absolute Gasteiger partial charge is 0.0622 e. The van der Waals surface area contributed by atoms with E-state index in [1.165, 1.54) is 0 Å². The first-order valence-corrected chi connectivity index (χ1v) is 15.4. The average Bonchev–Trinajstić information content (AvgIpc) is 3.20. The zero-order valence-electron chi connectivity index (χ0n) is 31.8. The van der Waals surface area contributed by atoms with Gasteiger partial charge in [-0.1, -0.05) is 170 Å². The van der Waals surface area contributed by atoms with Gasteiger partial charge in [0.05, 0.1) is 9.60 Å². The van der Waals surface area contributed by atoms with Crippen LogP contribution < -0.4 is 0 Å². The van der Waals surface area contributed by atoms with Crippen LogP contribution in [0.25, 0.3) is 87.6 Å². The van der Waals surface area contributed by atoms with Crippen molar-refractivity contribution in [3.8, 4) is 44.5 Å². The van der Waals surface area contributed by atoms with Crippen molar-refractivity contribution in [2.24, 2.45) is 0 Å². The van der Waals surface area contributed by atoms with Crippen molar-refractivity contribution in [2.45, 2.75) is 0 Å². The van der Waals surface area contributed by atoms with Crippen molar-refractivity contribution in [2.75, 3.05) is 0 Å². The predicted molar refractivity (Wildman–Crippen MR) is 198 cm³/mol. The van der Waals surface area contributed by atoms with Gasteiger partial charge in [-0.15, -0.1) is 0 Å². The third-order valence-corrected chi connectivity index (χ3v) is 8.88. The lowest BCUT2D eigenvalue weighted by Gasteiger charge is -2.20. The van der Waals surface area contributed by atoms with Crippen LogP contribution in [0.1, 0.15) is 9.60 Å². The molecule has 0 aliphatic rings. The van der Waals surface area contributed by atoms with Gasteiger partial charge in [0.15, 0.2) is 0 Å². The molecule has 9 aromatic carbocycles. The van der Waals surface area contributed by atoms with Crippen molar-refractivity contribution >= 4 is 43.1 Å². The van der Waals surface area contributed by atoms with Gasteiger partial charge in [0.25, 0.3) is 0 Å². The number of rotatable bonds is 4. The minimum Gasteiger partial charge on any atom is -0.0622 e. The maximum absolute atomic E-state index is 9.88. The summed E-state index contributed by atoms with van der Waals surface area (Å²) in [5, 5.41) is 5.23. The zero-order valence-corrected chi connectivity index (χ0v) is 24.8. The number of hydrogen-bond donors (Lipinski definition) is 0. The standard InChI is InChI=1S/C46H30/c1-2-11-31(12-3-1)38-27-28-43-44(30-38)46(40-20-10-16-34-14-6-7-17-39(34)40)42-19-9-8-18-41(42)45(43)35-24-21-33(22-25-35)37-26-23-32-13-4-5-15-36(32)29-37/h1-30H/i8D,9D,18D,19D,27D,28D,30D. The number of fused-ring (bicyclic) bond motifs is 4. The second-order valence-electron chi connectivity index (χ2n) is 11.5. The van der Waals surface area contributed by atoms with E-state index in [1.54, 1.807) is 0 Å². The van der Waals surface area contributed by atoms with Crippen LogP contribution in [-0.4, -0.2) is 0 Å². The van der Waals surface area contributed by atoms with Gasteiger partial charge < -0.3 is 0 Å². The minimum atomic E-state index is -0.385. The van der Waals surface area contributed by atoms with Gasteiger partial charge in [0, 0.05) is 0 Å². The third-order valence-electron chi connectivity index (χ3n) is 8.88. The topological polar surface area (TPSA) is 0 Å². The maximum Gasteiger partial charge on any atom is 0.0636 e. The SMILES string of the molecule is [2H]c1c([2H])c([2H])c2c(-c3cccc4ccccc34)c3c([2H])c(-c4ccccc4)c([2H])c([2H])c3c(-c3ccc(-c4ccc5ccccc5c4)cc3)c2c1[2H]. The summed E-state index contributed by atoms with van der Waals surface area (Å²) in [5.41, 5.74) is 5.06. The van der Waals surface area contributed by atoms with E-state index in [0.717, 1.165) is 32.7 Å². The molecule has 0 atom stereocenters. The van der Waals surface area contributed by atoms with Gasteiger partial charge in [-0.05, 0) is 99.7 Å². The summed E-state index contributed by atoms with van der Waals surface area (Å²) < 4.78 is 65.4. The third kappa shape index (κ3) is 4.38. The molecular weight excluding hydrogens is 553 g/mol. The Morgan fingerprint density at radius 3 is 1.76 bits per heavy atom.